The summed E-state index contributed by atoms with van der Waals surface area (Å²) in [5.74, 6) is -0.742. The van der Waals surface area contributed by atoms with Gasteiger partial charge in [-0.3, -0.25) is 0 Å². The van der Waals surface area contributed by atoms with E-state index >= 15 is 0 Å². The summed E-state index contributed by atoms with van der Waals surface area (Å²) in [7, 11) is 2.99. The van der Waals surface area contributed by atoms with E-state index in [1.165, 1.54) is 13.3 Å². The molecular weight excluding hydrogens is 174 g/mol. The highest BCUT2D eigenvalue weighted by Crippen LogP contribution is 2.15. The summed E-state index contributed by atoms with van der Waals surface area (Å²) >= 11 is 0. The third-order valence-electron chi connectivity index (χ3n) is 1.40. The van der Waals surface area contributed by atoms with Crippen LogP contribution in [0.2, 0.25) is 0 Å². The van der Waals surface area contributed by atoms with Gasteiger partial charge in [-0.05, 0) is 0 Å². The summed E-state index contributed by atoms with van der Waals surface area (Å²) < 4.78 is 4.78. The van der Waals surface area contributed by atoms with Crippen molar-refractivity contribution in [3.05, 3.63) is 11.8 Å². The highest BCUT2D eigenvalue weighted by Gasteiger charge is 2.13. The normalized spacial score (nSPS) is 9.38. The maximum absolute atomic E-state index is 10.6. The van der Waals surface area contributed by atoms with Gasteiger partial charge in [-0.25, -0.2) is 9.78 Å². The number of rotatable bonds is 3. The lowest BCUT2D eigenvalue weighted by Gasteiger charge is -2.04. The maximum Gasteiger partial charge on any atom is 0.342 e. The third kappa shape index (κ3) is 1.84. The molecule has 0 radical (unpaired) electrons. The van der Waals surface area contributed by atoms with Crippen LogP contribution in [0.15, 0.2) is 6.20 Å². The number of aromatic carboxylic acids is 1. The second-order valence-corrected chi connectivity index (χ2v) is 2.17. The Kier molecular flexibility index (Phi) is 2.63. The number of nitrogens with one attached hydrogen (secondary N) is 1. The first-order chi connectivity index (χ1) is 6.19. The first-order valence-corrected chi connectivity index (χ1v) is 3.51. The van der Waals surface area contributed by atoms with Gasteiger partial charge in [-0.1, -0.05) is 0 Å². The molecule has 0 spiro atoms. The van der Waals surface area contributed by atoms with Crippen LogP contribution in [0.1, 0.15) is 10.4 Å². The van der Waals surface area contributed by atoms with Crippen molar-refractivity contribution in [3.63, 3.8) is 0 Å². The lowest BCUT2D eigenvalue weighted by atomic mass is 10.3. The molecule has 0 saturated carbocycles. The van der Waals surface area contributed by atoms with E-state index in [0.717, 1.165) is 0 Å². The van der Waals surface area contributed by atoms with Gasteiger partial charge >= 0.3 is 5.97 Å². The predicted molar refractivity (Wildman–Crippen MR) is 45.1 cm³/mol. The second kappa shape index (κ2) is 3.70. The largest absolute Gasteiger partial charge is 0.480 e. The Balaban J connectivity index is 3.15. The summed E-state index contributed by atoms with van der Waals surface area (Å²) in [5, 5.41) is 11.4. The molecule has 6 nitrogen and oxygen atoms in total. The van der Waals surface area contributed by atoms with E-state index in [1.54, 1.807) is 7.05 Å². The van der Waals surface area contributed by atoms with Gasteiger partial charge in [0.05, 0.1) is 13.3 Å². The fraction of sp³-hybridized carbons (Fsp3) is 0.286. The topological polar surface area (TPSA) is 84.3 Å². The third-order valence-corrected chi connectivity index (χ3v) is 1.40. The van der Waals surface area contributed by atoms with E-state index in [9.17, 15) is 4.79 Å². The predicted octanol–water partition coefficient (Wildman–Crippen LogP) is 0.225. The molecule has 0 saturated heterocycles. The van der Waals surface area contributed by atoms with Gasteiger partial charge < -0.3 is 15.2 Å². The molecule has 0 atom stereocenters. The van der Waals surface area contributed by atoms with Crippen LogP contribution in [-0.4, -0.2) is 35.2 Å². The number of carbonyl (C=O) groups is 1. The first-order valence-electron chi connectivity index (χ1n) is 3.51. The zero-order chi connectivity index (χ0) is 9.84. The highest BCUT2D eigenvalue weighted by atomic mass is 16.5. The van der Waals surface area contributed by atoms with Crippen LogP contribution in [0.25, 0.3) is 0 Å². The average molecular weight is 183 g/mol. The van der Waals surface area contributed by atoms with Crippen LogP contribution in [-0.2, 0) is 0 Å². The molecule has 1 rings (SSSR count). The lowest BCUT2D eigenvalue weighted by molar-refractivity contribution is 0.0692. The van der Waals surface area contributed by atoms with Crippen molar-refractivity contribution in [2.45, 2.75) is 0 Å². The van der Waals surface area contributed by atoms with Gasteiger partial charge in [0.1, 0.15) is 5.56 Å². The number of nitrogens with zero attached hydrogens (tertiary/aromatic N) is 2. The molecular formula is C7H9N3O3. The molecule has 1 aromatic heterocycles. The fourth-order valence-electron chi connectivity index (χ4n) is 0.789. The Morgan fingerprint density at radius 2 is 2.38 bits per heavy atom. The molecule has 0 aliphatic heterocycles. The summed E-state index contributed by atoms with van der Waals surface area (Å²) in [6.45, 7) is 0. The minimum atomic E-state index is -1.11. The summed E-state index contributed by atoms with van der Waals surface area (Å²) in [6.07, 6.45) is 1.19. The number of hydrogen-bond acceptors (Lipinski definition) is 5. The number of aromatic nitrogens is 2. The Labute approximate surface area is 74.6 Å². The minimum Gasteiger partial charge on any atom is -0.480 e. The Morgan fingerprint density at radius 1 is 1.69 bits per heavy atom. The lowest BCUT2D eigenvalue weighted by Crippen LogP contribution is -2.06. The molecule has 0 bridgehead atoms. The van der Waals surface area contributed by atoms with E-state index in [0.29, 0.717) is 5.95 Å². The van der Waals surface area contributed by atoms with Crippen LogP contribution in [0.3, 0.4) is 0 Å². The van der Waals surface area contributed by atoms with Crippen LogP contribution in [0.5, 0.6) is 5.88 Å². The van der Waals surface area contributed by atoms with Crippen molar-refractivity contribution in [1.29, 1.82) is 0 Å². The van der Waals surface area contributed by atoms with Crippen molar-refractivity contribution >= 4 is 11.9 Å². The van der Waals surface area contributed by atoms with Crippen molar-refractivity contribution < 1.29 is 14.6 Å². The quantitative estimate of drug-likeness (QED) is 0.697. The minimum absolute atomic E-state index is 0.0480. The van der Waals surface area contributed by atoms with Crippen LogP contribution in [0, 0.1) is 0 Å². The maximum atomic E-state index is 10.6. The molecule has 0 unspecified atom stereocenters. The van der Waals surface area contributed by atoms with E-state index in [2.05, 4.69) is 15.3 Å². The van der Waals surface area contributed by atoms with Crippen molar-refractivity contribution in [1.82, 2.24) is 9.97 Å². The average Bonchev–Trinajstić information content (AvgIpc) is 2.16. The first kappa shape index (κ1) is 9.24. The molecule has 70 valence electrons. The fourth-order valence-corrected chi connectivity index (χ4v) is 0.789. The summed E-state index contributed by atoms with van der Waals surface area (Å²) in [5.41, 5.74) is -0.0542. The van der Waals surface area contributed by atoms with Gasteiger partial charge in [-0.2, -0.15) is 4.98 Å². The van der Waals surface area contributed by atoms with E-state index in [1.807, 2.05) is 0 Å². The number of anilines is 1. The molecule has 1 aromatic rings. The van der Waals surface area contributed by atoms with Crippen molar-refractivity contribution in [3.8, 4) is 5.88 Å². The smallest absolute Gasteiger partial charge is 0.342 e. The Hall–Kier alpha value is -1.85. The molecule has 0 aliphatic carbocycles. The highest BCUT2D eigenvalue weighted by molar-refractivity contribution is 5.89. The van der Waals surface area contributed by atoms with Crippen molar-refractivity contribution in [2.24, 2.45) is 0 Å². The van der Waals surface area contributed by atoms with Crippen molar-refractivity contribution in [2.75, 3.05) is 19.5 Å². The van der Waals surface area contributed by atoms with Gasteiger partial charge in [0.15, 0.2) is 0 Å². The number of methoxy groups -OCH3 is 1. The molecule has 6 heteroatoms. The number of hydrogen-bond donors (Lipinski definition) is 2. The van der Waals surface area contributed by atoms with E-state index in [4.69, 9.17) is 9.84 Å². The number of carboxylic acid groups (broad SMARTS) is 1. The van der Waals surface area contributed by atoms with Gasteiger partial charge in [0.2, 0.25) is 11.8 Å². The summed E-state index contributed by atoms with van der Waals surface area (Å²) in [6, 6.07) is 0. The van der Waals surface area contributed by atoms with Gasteiger partial charge in [0, 0.05) is 7.05 Å². The monoisotopic (exact) mass is 183 g/mol. The standard InChI is InChI=1S/C7H9N3O3/c1-8-7-9-3-4(6(11)12)5(10-7)13-2/h3H,1-2H3,(H,11,12)(H,8,9,10). The Morgan fingerprint density at radius 3 is 2.85 bits per heavy atom. The van der Waals surface area contributed by atoms with E-state index in [-0.39, 0.29) is 11.4 Å². The van der Waals surface area contributed by atoms with Crippen LogP contribution >= 0.6 is 0 Å². The van der Waals surface area contributed by atoms with E-state index < -0.39 is 5.97 Å². The van der Waals surface area contributed by atoms with Gasteiger partial charge in [0.25, 0.3) is 0 Å². The molecule has 2 N–H and O–H groups in total. The SMILES string of the molecule is CNc1ncc(C(=O)O)c(OC)n1. The van der Waals surface area contributed by atoms with Crippen LogP contribution < -0.4 is 10.1 Å². The summed E-state index contributed by atoms with van der Waals surface area (Å²) in [4.78, 5) is 18.1. The Bertz CT molecular complexity index is 327. The number of ether oxygens (including phenoxy) is 1. The molecule has 0 aromatic carbocycles. The van der Waals surface area contributed by atoms with Crippen LogP contribution in [0.4, 0.5) is 5.95 Å². The molecule has 0 amide bonds. The number of carboxylic acids is 1. The second-order valence-electron chi connectivity index (χ2n) is 2.17. The molecule has 13 heavy (non-hydrogen) atoms. The molecule has 0 fully saturated rings. The molecule has 1 heterocycles. The van der Waals surface area contributed by atoms with Gasteiger partial charge in [-0.15, -0.1) is 0 Å². The molecule has 0 aliphatic rings. The zero-order valence-corrected chi connectivity index (χ0v) is 7.24. The zero-order valence-electron chi connectivity index (χ0n) is 7.24.